The monoisotopic (exact) mass is 298 g/mol. The predicted octanol–water partition coefficient (Wildman–Crippen LogP) is 0.126. The molecule has 1 aromatic rings. The Morgan fingerprint density at radius 3 is 2.35 bits per heavy atom. The molecule has 0 bridgehead atoms. The molecule has 0 radical (unpaired) electrons. The van der Waals surface area contributed by atoms with Crippen molar-refractivity contribution >= 4 is 15.9 Å². The number of sulfonamides is 1. The molecule has 3 N–H and O–H groups in total. The topological polar surface area (TPSA) is 95.5 Å². The maximum Gasteiger partial charge on any atom is 0.241 e. The number of aliphatic hydroxyl groups is 1. The van der Waals surface area contributed by atoms with Crippen molar-refractivity contribution in [3.8, 4) is 0 Å². The molecule has 0 heterocycles. The van der Waals surface area contributed by atoms with Gasteiger partial charge in [0, 0.05) is 13.5 Å². The maximum absolute atomic E-state index is 12.1. The summed E-state index contributed by atoms with van der Waals surface area (Å²) in [6.07, 6.45) is 1.31. The van der Waals surface area contributed by atoms with Crippen molar-refractivity contribution < 1.29 is 18.3 Å². The third-order valence-corrected chi connectivity index (χ3v) is 4.88. The first-order valence-corrected chi connectivity index (χ1v) is 7.83. The summed E-state index contributed by atoms with van der Waals surface area (Å²) in [5.41, 5.74) is 0.149. The fraction of sp³-hybridized carbons (Fsp3) is 0.462. The minimum Gasteiger partial charge on any atom is -0.394 e. The molecule has 1 fully saturated rings. The van der Waals surface area contributed by atoms with Gasteiger partial charge in [-0.15, -0.1) is 0 Å². The molecule has 6 nitrogen and oxygen atoms in total. The van der Waals surface area contributed by atoms with Gasteiger partial charge < -0.3 is 10.4 Å². The minimum absolute atomic E-state index is 0.137. The van der Waals surface area contributed by atoms with Crippen LogP contribution in [0, 0.1) is 0 Å². The maximum atomic E-state index is 12.1. The van der Waals surface area contributed by atoms with Gasteiger partial charge in [0.05, 0.1) is 17.0 Å². The Labute approximate surface area is 118 Å². The van der Waals surface area contributed by atoms with E-state index in [1.165, 1.54) is 19.1 Å². The van der Waals surface area contributed by atoms with Crippen molar-refractivity contribution in [3.63, 3.8) is 0 Å². The Hall–Kier alpha value is -1.44. The van der Waals surface area contributed by atoms with E-state index in [-0.39, 0.29) is 17.4 Å². The smallest absolute Gasteiger partial charge is 0.241 e. The van der Waals surface area contributed by atoms with E-state index in [0.717, 1.165) is 5.56 Å². The average Bonchev–Trinajstić information content (AvgIpc) is 3.16. The molecule has 7 heteroatoms. The van der Waals surface area contributed by atoms with E-state index in [9.17, 15) is 13.2 Å². The number of amides is 1. The number of nitrogens with one attached hydrogen (secondary N) is 2. The number of hydrogen-bond donors (Lipinski definition) is 3. The minimum atomic E-state index is -3.61. The van der Waals surface area contributed by atoms with Gasteiger partial charge >= 0.3 is 0 Å². The molecule has 1 saturated carbocycles. The quantitative estimate of drug-likeness (QED) is 0.695. The SMILES string of the molecule is CC(=O)NCc1ccc(S(=O)(=O)NC2(CO)CC2)cc1. The molecule has 1 amide bonds. The molecular formula is C13H18N2O4S. The van der Waals surface area contributed by atoms with Gasteiger partial charge in [-0.2, -0.15) is 0 Å². The van der Waals surface area contributed by atoms with Crippen LogP contribution in [0.3, 0.4) is 0 Å². The zero-order chi connectivity index (χ0) is 14.8. The van der Waals surface area contributed by atoms with Crippen LogP contribution in [0.25, 0.3) is 0 Å². The highest BCUT2D eigenvalue weighted by Gasteiger charge is 2.45. The Balaban J connectivity index is 2.07. The zero-order valence-corrected chi connectivity index (χ0v) is 12.0. The Bertz CT molecular complexity index is 591. The summed E-state index contributed by atoms with van der Waals surface area (Å²) in [6, 6.07) is 6.30. The number of carbonyl (C=O) groups is 1. The molecule has 110 valence electrons. The second-order valence-corrected chi connectivity index (χ2v) is 6.78. The number of hydrogen-bond acceptors (Lipinski definition) is 4. The van der Waals surface area contributed by atoms with Crippen LogP contribution in [-0.4, -0.2) is 31.6 Å². The van der Waals surface area contributed by atoms with Crippen LogP contribution in [0.4, 0.5) is 0 Å². The van der Waals surface area contributed by atoms with E-state index in [1.807, 2.05) is 0 Å². The van der Waals surface area contributed by atoms with Gasteiger partial charge in [-0.25, -0.2) is 13.1 Å². The Morgan fingerprint density at radius 2 is 1.90 bits per heavy atom. The summed E-state index contributed by atoms with van der Waals surface area (Å²) in [6.45, 7) is 1.60. The van der Waals surface area contributed by atoms with Crippen LogP contribution in [0.15, 0.2) is 29.2 Å². The molecule has 0 spiro atoms. The molecular weight excluding hydrogens is 280 g/mol. The molecule has 20 heavy (non-hydrogen) atoms. The van der Waals surface area contributed by atoms with E-state index in [0.29, 0.717) is 19.4 Å². The normalized spacial score (nSPS) is 16.7. The first-order valence-electron chi connectivity index (χ1n) is 6.35. The predicted molar refractivity (Wildman–Crippen MR) is 73.3 cm³/mol. The molecule has 0 unspecified atom stereocenters. The Kier molecular flexibility index (Phi) is 4.12. The molecule has 0 aliphatic heterocycles. The van der Waals surface area contributed by atoms with Crippen molar-refractivity contribution in [1.82, 2.24) is 10.0 Å². The zero-order valence-electron chi connectivity index (χ0n) is 11.2. The van der Waals surface area contributed by atoms with Crippen molar-refractivity contribution in [3.05, 3.63) is 29.8 Å². The number of aliphatic hydroxyl groups excluding tert-OH is 1. The lowest BCUT2D eigenvalue weighted by Crippen LogP contribution is -2.39. The van der Waals surface area contributed by atoms with Crippen molar-refractivity contribution in [2.45, 2.75) is 36.7 Å². The number of rotatable bonds is 6. The van der Waals surface area contributed by atoms with Gasteiger partial charge in [-0.1, -0.05) is 12.1 Å². The third-order valence-electron chi connectivity index (χ3n) is 3.28. The van der Waals surface area contributed by atoms with Crippen molar-refractivity contribution in [2.75, 3.05) is 6.61 Å². The van der Waals surface area contributed by atoms with Crippen molar-refractivity contribution in [1.29, 1.82) is 0 Å². The van der Waals surface area contributed by atoms with Crippen LogP contribution in [0.2, 0.25) is 0 Å². The van der Waals surface area contributed by atoms with E-state index in [1.54, 1.807) is 12.1 Å². The van der Waals surface area contributed by atoms with Gasteiger partial charge in [0.25, 0.3) is 0 Å². The summed E-state index contributed by atoms with van der Waals surface area (Å²) < 4.78 is 26.8. The highest BCUT2D eigenvalue weighted by Crippen LogP contribution is 2.36. The first-order chi connectivity index (χ1) is 9.37. The lowest BCUT2D eigenvalue weighted by atomic mass is 10.2. The average molecular weight is 298 g/mol. The van der Waals surface area contributed by atoms with Gasteiger partial charge in [0.1, 0.15) is 0 Å². The fourth-order valence-corrected chi connectivity index (χ4v) is 3.25. The third kappa shape index (κ3) is 3.56. The van der Waals surface area contributed by atoms with Crippen molar-refractivity contribution in [2.24, 2.45) is 0 Å². The van der Waals surface area contributed by atoms with Crippen LogP contribution in [0.1, 0.15) is 25.3 Å². The lowest BCUT2D eigenvalue weighted by molar-refractivity contribution is -0.119. The molecule has 0 atom stereocenters. The highest BCUT2D eigenvalue weighted by molar-refractivity contribution is 7.89. The van der Waals surface area contributed by atoms with E-state index in [2.05, 4.69) is 10.0 Å². The number of benzene rings is 1. The van der Waals surface area contributed by atoms with Crippen LogP contribution in [0.5, 0.6) is 0 Å². The standard InChI is InChI=1S/C13H18N2O4S/c1-10(17)14-8-11-2-4-12(5-3-11)20(18,19)15-13(9-16)6-7-13/h2-5,15-16H,6-9H2,1H3,(H,14,17). The van der Waals surface area contributed by atoms with Gasteiger partial charge in [0.15, 0.2) is 0 Å². The van der Waals surface area contributed by atoms with Gasteiger partial charge in [-0.3, -0.25) is 4.79 Å². The molecule has 1 aromatic carbocycles. The van der Waals surface area contributed by atoms with Crippen LogP contribution >= 0.6 is 0 Å². The lowest BCUT2D eigenvalue weighted by Gasteiger charge is -2.14. The summed E-state index contributed by atoms with van der Waals surface area (Å²) >= 11 is 0. The Morgan fingerprint density at radius 1 is 1.30 bits per heavy atom. The summed E-state index contributed by atoms with van der Waals surface area (Å²) in [4.78, 5) is 11.0. The second-order valence-electron chi connectivity index (χ2n) is 5.10. The molecule has 0 aromatic heterocycles. The number of carbonyl (C=O) groups excluding carboxylic acids is 1. The van der Waals surface area contributed by atoms with Crippen LogP contribution < -0.4 is 10.0 Å². The van der Waals surface area contributed by atoms with Gasteiger partial charge in [-0.05, 0) is 30.5 Å². The summed E-state index contributed by atoms with van der Waals surface area (Å²) in [7, 11) is -3.61. The fourth-order valence-electron chi connectivity index (χ4n) is 1.80. The first kappa shape index (κ1) is 15.0. The molecule has 1 aliphatic carbocycles. The van der Waals surface area contributed by atoms with Gasteiger partial charge in [0.2, 0.25) is 15.9 Å². The summed E-state index contributed by atoms with van der Waals surface area (Å²) in [5, 5.41) is 11.8. The molecule has 2 rings (SSSR count). The highest BCUT2D eigenvalue weighted by atomic mass is 32.2. The molecule has 0 saturated heterocycles. The van der Waals surface area contributed by atoms with Crippen LogP contribution in [-0.2, 0) is 21.4 Å². The summed E-state index contributed by atoms with van der Waals surface area (Å²) in [5.74, 6) is -0.137. The largest absolute Gasteiger partial charge is 0.394 e. The second kappa shape index (κ2) is 5.51. The van der Waals surface area contributed by atoms with E-state index >= 15 is 0 Å². The molecule has 1 aliphatic rings. The van der Waals surface area contributed by atoms with E-state index in [4.69, 9.17) is 5.11 Å². The van der Waals surface area contributed by atoms with E-state index < -0.39 is 15.6 Å².